The topological polar surface area (TPSA) is 29.5 Å². The van der Waals surface area contributed by atoms with E-state index in [9.17, 15) is 5.11 Å². The number of aliphatic hydroxyl groups is 1. The van der Waals surface area contributed by atoms with E-state index < -0.39 is 0 Å². The molecule has 0 radical (unpaired) electrons. The van der Waals surface area contributed by atoms with Gasteiger partial charge in [-0.15, -0.1) is 6.58 Å². The normalized spacial score (nSPS) is 12.3. The fourth-order valence-electron chi connectivity index (χ4n) is 1.44. The Bertz CT molecular complexity index is 282. The smallest absolute Gasteiger partial charge is 0.0718 e. The molecule has 0 spiro atoms. The number of aliphatic hydroxyl groups excluding tert-OH is 1. The maximum atomic E-state index is 9.23. The predicted octanol–water partition coefficient (Wildman–Crippen LogP) is 2.92. The molecular weight excluding hydrogens is 200 g/mol. The lowest BCUT2D eigenvalue weighted by Gasteiger charge is -2.06. The van der Waals surface area contributed by atoms with E-state index in [1.165, 1.54) is 5.56 Å². The first-order chi connectivity index (χ1) is 7.83. The summed E-state index contributed by atoms with van der Waals surface area (Å²) in [6.45, 7) is 4.95. The number of hydrogen-bond donors (Lipinski definition) is 1. The average molecular weight is 220 g/mol. The van der Waals surface area contributed by atoms with Crippen LogP contribution in [0, 0.1) is 0 Å². The molecule has 1 N–H and O–H groups in total. The Morgan fingerprint density at radius 1 is 1.25 bits per heavy atom. The SMILES string of the molecule is C=C[C@H](O)CCCCOCc1ccccc1. The van der Waals surface area contributed by atoms with Gasteiger partial charge in [-0.2, -0.15) is 0 Å². The summed E-state index contributed by atoms with van der Waals surface area (Å²) in [5.41, 5.74) is 1.20. The zero-order chi connectivity index (χ0) is 11.6. The summed E-state index contributed by atoms with van der Waals surface area (Å²) < 4.78 is 5.53. The van der Waals surface area contributed by atoms with Gasteiger partial charge in [-0.3, -0.25) is 0 Å². The van der Waals surface area contributed by atoms with Crippen molar-refractivity contribution in [2.24, 2.45) is 0 Å². The maximum absolute atomic E-state index is 9.23. The summed E-state index contributed by atoms with van der Waals surface area (Å²) in [5.74, 6) is 0. The summed E-state index contributed by atoms with van der Waals surface area (Å²) >= 11 is 0. The number of benzene rings is 1. The first-order valence-electron chi connectivity index (χ1n) is 5.75. The molecule has 0 amide bonds. The second-order valence-electron chi connectivity index (χ2n) is 3.84. The molecule has 0 aromatic heterocycles. The molecule has 88 valence electrons. The van der Waals surface area contributed by atoms with Crippen LogP contribution in [0.5, 0.6) is 0 Å². The quantitative estimate of drug-likeness (QED) is 0.539. The van der Waals surface area contributed by atoms with Crippen LogP contribution in [0.25, 0.3) is 0 Å². The summed E-state index contributed by atoms with van der Waals surface area (Å²) in [7, 11) is 0. The number of hydrogen-bond acceptors (Lipinski definition) is 2. The molecule has 0 heterocycles. The van der Waals surface area contributed by atoms with Crippen molar-refractivity contribution in [3.63, 3.8) is 0 Å². The Balaban J connectivity index is 1.98. The van der Waals surface area contributed by atoms with Crippen molar-refractivity contribution in [1.82, 2.24) is 0 Å². The third kappa shape index (κ3) is 5.69. The second-order valence-corrected chi connectivity index (χ2v) is 3.84. The molecule has 2 heteroatoms. The second kappa shape index (κ2) is 8.08. The van der Waals surface area contributed by atoms with Crippen LogP contribution in [0.15, 0.2) is 43.0 Å². The van der Waals surface area contributed by atoms with Crippen molar-refractivity contribution in [1.29, 1.82) is 0 Å². The van der Waals surface area contributed by atoms with E-state index in [2.05, 4.69) is 18.7 Å². The lowest BCUT2D eigenvalue weighted by Crippen LogP contribution is -2.02. The van der Waals surface area contributed by atoms with E-state index in [4.69, 9.17) is 4.74 Å². The highest BCUT2D eigenvalue weighted by Gasteiger charge is 1.97. The standard InChI is InChI=1S/C14H20O2/c1-2-14(15)10-6-7-11-16-12-13-8-4-3-5-9-13/h2-5,8-9,14-15H,1,6-7,10-12H2/t14-/m0/s1. The number of rotatable bonds is 8. The Hall–Kier alpha value is -1.12. The largest absolute Gasteiger partial charge is 0.389 e. The first-order valence-corrected chi connectivity index (χ1v) is 5.75. The number of ether oxygens (including phenoxy) is 1. The van der Waals surface area contributed by atoms with E-state index in [1.807, 2.05) is 18.2 Å². The molecule has 0 aliphatic carbocycles. The van der Waals surface area contributed by atoms with Crippen LogP contribution >= 0.6 is 0 Å². The molecule has 0 saturated carbocycles. The maximum Gasteiger partial charge on any atom is 0.0718 e. The minimum atomic E-state index is -0.367. The zero-order valence-electron chi connectivity index (χ0n) is 9.64. The van der Waals surface area contributed by atoms with Crippen LogP contribution in [0.2, 0.25) is 0 Å². The molecule has 0 unspecified atom stereocenters. The monoisotopic (exact) mass is 220 g/mol. The highest BCUT2D eigenvalue weighted by Crippen LogP contribution is 2.04. The zero-order valence-corrected chi connectivity index (χ0v) is 9.64. The highest BCUT2D eigenvalue weighted by atomic mass is 16.5. The van der Waals surface area contributed by atoms with E-state index in [0.717, 1.165) is 25.9 Å². The Labute approximate surface area is 97.6 Å². The van der Waals surface area contributed by atoms with Crippen molar-refractivity contribution in [2.45, 2.75) is 32.0 Å². The predicted molar refractivity (Wildman–Crippen MR) is 66.2 cm³/mol. The molecule has 2 nitrogen and oxygen atoms in total. The molecular formula is C14H20O2. The van der Waals surface area contributed by atoms with Crippen molar-refractivity contribution >= 4 is 0 Å². The molecule has 1 rings (SSSR count). The molecule has 0 saturated heterocycles. The van der Waals surface area contributed by atoms with E-state index >= 15 is 0 Å². The molecule has 16 heavy (non-hydrogen) atoms. The van der Waals surface area contributed by atoms with Crippen molar-refractivity contribution in [2.75, 3.05) is 6.61 Å². The molecule has 1 aromatic rings. The fraction of sp³-hybridized carbons (Fsp3) is 0.429. The fourth-order valence-corrected chi connectivity index (χ4v) is 1.44. The van der Waals surface area contributed by atoms with Gasteiger partial charge in [-0.05, 0) is 24.8 Å². The molecule has 0 fully saturated rings. The van der Waals surface area contributed by atoms with Crippen LogP contribution < -0.4 is 0 Å². The molecule has 0 bridgehead atoms. The minimum absolute atomic E-state index is 0.367. The van der Waals surface area contributed by atoms with Gasteiger partial charge in [-0.1, -0.05) is 36.4 Å². The summed E-state index contributed by atoms with van der Waals surface area (Å²) in [6, 6.07) is 10.1. The minimum Gasteiger partial charge on any atom is -0.389 e. The Morgan fingerprint density at radius 3 is 2.69 bits per heavy atom. The van der Waals surface area contributed by atoms with Crippen LogP contribution in [0.1, 0.15) is 24.8 Å². The van der Waals surface area contributed by atoms with Gasteiger partial charge in [0.1, 0.15) is 0 Å². The van der Waals surface area contributed by atoms with Gasteiger partial charge in [0, 0.05) is 6.61 Å². The van der Waals surface area contributed by atoms with Crippen LogP contribution in [-0.2, 0) is 11.3 Å². The first kappa shape index (κ1) is 12.9. The third-order valence-corrected chi connectivity index (χ3v) is 2.42. The van der Waals surface area contributed by atoms with E-state index in [0.29, 0.717) is 6.61 Å². The van der Waals surface area contributed by atoms with Gasteiger partial charge in [0.15, 0.2) is 0 Å². The molecule has 1 aromatic carbocycles. The highest BCUT2D eigenvalue weighted by molar-refractivity contribution is 5.13. The van der Waals surface area contributed by atoms with Crippen LogP contribution in [-0.4, -0.2) is 17.8 Å². The molecule has 0 aliphatic heterocycles. The van der Waals surface area contributed by atoms with E-state index in [1.54, 1.807) is 6.08 Å². The van der Waals surface area contributed by atoms with Crippen molar-refractivity contribution in [3.05, 3.63) is 48.6 Å². The van der Waals surface area contributed by atoms with Crippen molar-refractivity contribution < 1.29 is 9.84 Å². The summed E-state index contributed by atoms with van der Waals surface area (Å²) in [4.78, 5) is 0. The van der Waals surface area contributed by atoms with Gasteiger partial charge >= 0.3 is 0 Å². The third-order valence-electron chi connectivity index (χ3n) is 2.42. The molecule has 0 aliphatic rings. The van der Waals surface area contributed by atoms with Gasteiger partial charge in [0.05, 0.1) is 12.7 Å². The van der Waals surface area contributed by atoms with Gasteiger partial charge in [-0.25, -0.2) is 0 Å². The van der Waals surface area contributed by atoms with Gasteiger partial charge in [0.2, 0.25) is 0 Å². The molecule has 1 atom stereocenters. The van der Waals surface area contributed by atoms with E-state index in [-0.39, 0.29) is 6.10 Å². The van der Waals surface area contributed by atoms with Gasteiger partial charge in [0.25, 0.3) is 0 Å². The van der Waals surface area contributed by atoms with Gasteiger partial charge < -0.3 is 9.84 Å². The summed E-state index contributed by atoms with van der Waals surface area (Å²) in [5, 5.41) is 9.23. The average Bonchev–Trinajstić information content (AvgIpc) is 2.34. The lowest BCUT2D eigenvalue weighted by atomic mass is 10.1. The Morgan fingerprint density at radius 2 is 2.00 bits per heavy atom. The van der Waals surface area contributed by atoms with Crippen LogP contribution in [0.3, 0.4) is 0 Å². The summed E-state index contributed by atoms with van der Waals surface area (Å²) in [6.07, 6.45) is 3.94. The van der Waals surface area contributed by atoms with Crippen LogP contribution in [0.4, 0.5) is 0 Å². The van der Waals surface area contributed by atoms with Crippen molar-refractivity contribution in [3.8, 4) is 0 Å². The Kier molecular flexibility index (Phi) is 6.54. The number of unbranched alkanes of at least 4 members (excludes halogenated alkanes) is 1. The lowest BCUT2D eigenvalue weighted by molar-refractivity contribution is 0.113.